The molecule has 4 rings (SSSR count). The Morgan fingerprint density at radius 1 is 1.29 bits per heavy atom. The molecule has 1 fully saturated rings. The Labute approximate surface area is 251 Å². The Bertz CT molecular complexity index is 1480. The number of β-lactam (4-membered cyclic amide) rings is 1. The SMILES string of the molecule is CCC[n+]1c(N)cc(N)nc1SCC1=C(C(=O)O)N2C(=O)C(NC(=O)/C(=N\OCCC(=O)O)c3csc(N)n3)[C@H]2SC1. The molecule has 0 aliphatic carbocycles. The first kappa shape index (κ1) is 30.8. The van der Waals surface area contributed by atoms with E-state index in [0.717, 1.165) is 22.7 Å². The lowest BCUT2D eigenvalue weighted by Crippen LogP contribution is -2.71. The fourth-order valence-electron chi connectivity index (χ4n) is 4.10. The number of carboxylic acid groups (broad SMARTS) is 2. The summed E-state index contributed by atoms with van der Waals surface area (Å²) >= 11 is 3.61. The van der Waals surface area contributed by atoms with E-state index in [0.29, 0.717) is 23.1 Å². The van der Waals surface area contributed by atoms with Gasteiger partial charge in [0.2, 0.25) is 11.6 Å². The molecule has 0 saturated carbocycles. The lowest BCUT2D eigenvalue weighted by Gasteiger charge is -2.49. The molecule has 2 aromatic rings. The third-order valence-corrected chi connectivity index (χ3v) is 9.04. The summed E-state index contributed by atoms with van der Waals surface area (Å²) in [5, 5.41) is 26.6. The number of amides is 2. The van der Waals surface area contributed by atoms with Gasteiger partial charge in [-0.2, -0.15) is 0 Å². The third kappa shape index (κ3) is 6.68. The minimum Gasteiger partial charge on any atom is -0.481 e. The van der Waals surface area contributed by atoms with Crippen molar-refractivity contribution in [3.8, 4) is 0 Å². The molecule has 4 heterocycles. The minimum absolute atomic E-state index is 0.0757. The van der Waals surface area contributed by atoms with Crippen molar-refractivity contribution < 1.29 is 38.8 Å². The third-order valence-electron chi connectivity index (χ3n) is 5.96. The van der Waals surface area contributed by atoms with Crippen LogP contribution in [0.3, 0.4) is 0 Å². The highest BCUT2D eigenvalue weighted by Gasteiger charge is 2.54. The Balaban J connectivity index is 1.50. The predicted octanol–water partition coefficient (Wildman–Crippen LogP) is -0.291. The van der Waals surface area contributed by atoms with Crippen molar-refractivity contribution in [3.05, 3.63) is 28.4 Å². The van der Waals surface area contributed by atoms with E-state index in [1.807, 2.05) is 6.92 Å². The minimum atomic E-state index is -1.28. The first-order valence-electron chi connectivity index (χ1n) is 12.4. The molecule has 0 bridgehead atoms. The van der Waals surface area contributed by atoms with Crippen molar-refractivity contribution in [1.82, 2.24) is 20.2 Å². The molecule has 2 atom stereocenters. The summed E-state index contributed by atoms with van der Waals surface area (Å²) in [6.45, 7) is 2.28. The van der Waals surface area contributed by atoms with Gasteiger partial charge in [0.05, 0.1) is 19.0 Å². The average Bonchev–Trinajstić information content (AvgIpc) is 3.36. The number of anilines is 3. The van der Waals surface area contributed by atoms with E-state index in [4.69, 9.17) is 27.1 Å². The summed E-state index contributed by atoms with van der Waals surface area (Å²) in [5.74, 6) is -2.65. The van der Waals surface area contributed by atoms with Crippen molar-refractivity contribution >= 4 is 81.1 Å². The number of carboxylic acids is 2. The van der Waals surface area contributed by atoms with Crippen LogP contribution < -0.4 is 27.1 Å². The Hall–Kier alpha value is -4.10. The summed E-state index contributed by atoms with van der Waals surface area (Å²) < 4.78 is 1.79. The number of carbonyl (C=O) groups is 4. The normalized spacial score (nSPS) is 18.4. The van der Waals surface area contributed by atoms with E-state index in [1.54, 1.807) is 10.6 Å². The number of thioether (sulfide) groups is 2. The summed E-state index contributed by atoms with van der Waals surface area (Å²) in [7, 11) is 0. The number of carbonyl (C=O) groups excluding carboxylic acids is 2. The second kappa shape index (κ2) is 13.3. The maximum atomic E-state index is 13.2. The number of nitrogens with zero attached hydrogens (tertiary/aromatic N) is 5. The fourth-order valence-corrected chi connectivity index (χ4v) is 7.19. The highest BCUT2D eigenvalue weighted by molar-refractivity contribution is 8.01. The maximum absolute atomic E-state index is 13.2. The summed E-state index contributed by atoms with van der Waals surface area (Å²) in [6.07, 6.45) is 0.442. The number of aliphatic carboxylic acids is 2. The van der Waals surface area contributed by atoms with Gasteiger partial charge in [-0.15, -0.1) is 23.1 Å². The first-order valence-corrected chi connectivity index (χ1v) is 15.4. The molecule has 9 N–H and O–H groups in total. The molecule has 2 aromatic heterocycles. The van der Waals surface area contributed by atoms with Gasteiger partial charge >= 0.3 is 17.1 Å². The Morgan fingerprint density at radius 2 is 2.05 bits per heavy atom. The molecular formula is C23H28N9O7S3+. The molecule has 0 aromatic carbocycles. The van der Waals surface area contributed by atoms with Crippen LogP contribution in [0.4, 0.5) is 16.8 Å². The lowest BCUT2D eigenvalue weighted by atomic mass is 10.0. The number of rotatable bonds is 13. The zero-order valence-electron chi connectivity index (χ0n) is 22.2. The van der Waals surface area contributed by atoms with Gasteiger partial charge in [-0.1, -0.05) is 17.1 Å². The molecule has 16 nitrogen and oxygen atoms in total. The van der Waals surface area contributed by atoms with Crippen LogP contribution in [0, 0.1) is 0 Å². The van der Waals surface area contributed by atoms with Crippen LogP contribution >= 0.6 is 34.9 Å². The number of oxime groups is 1. The first-order chi connectivity index (χ1) is 20.0. The van der Waals surface area contributed by atoms with Gasteiger partial charge in [-0.05, 0) is 23.8 Å². The van der Waals surface area contributed by atoms with Gasteiger partial charge in [-0.25, -0.2) is 14.3 Å². The second-order valence-electron chi connectivity index (χ2n) is 8.93. The van der Waals surface area contributed by atoms with Crippen LogP contribution in [-0.2, 0) is 30.6 Å². The second-order valence-corrected chi connectivity index (χ2v) is 11.9. The molecule has 224 valence electrons. The number of thiazole rings is 1. The lowest BCUT2D eigenvalue weighted by molar-refractivity contribution is -0.723. The van der Waals surface area contributed by atoms with Crippen molar-refractivity contribution in [3.63, 3.8) is 0 Å². The molecule has 1 unspecified atom stereocenters. The van der Waals surface area contributed by atoms with Crippen LogP contribution in [0.5, 0.6) is 0 Å². The van der Waals surface area contributed by atoms with E-state index >= 15 is 0 Å². The number of hydrogen-bond acceptors (Lipinski definition) is 14. The molecular weight excluding hydrogens is 611 g/mol. The summed E-state index contributed by atoms with van der Waals surface area (Å²) in [6, 6.07) is 0.505. The Morgan fingerprint density at radius 3 is 2.69 bits per heavy atom. The number of aromatic nitrogens is 3. The van der Waals surface area contributed by atoms with Crippen molar-refractivity contribution in [2.45, 2.75) is 42.9 Å². The molecule has 2 aliphatic heterocycles. The zero-order valence-corrected chi connectivity index (χ0v) is 24.6. The highest BCUT2D eigenvalue weighted by atomic mass is 32.2. The summed E-state index contributed by atoms with van der Waals surface area (Å²) in [4.78, 5) is 63.8. The number of nitrogens with two attached hydrogens (primary N) is 3. The molecule has 0 spiro atoms. The smallest absolute Gasteiger partial charge is 0.352 e. The van der Waals surface area contributed by atoms with Gasteiger partial charge in [0.25, 0.3) is 11.8 Å². The number of hydrogen-bond donors (Lipinski definition) is 6. The van der Waals surface area contributed by atoms with E-state index in [2.05, 4.69) is 20.4 Å². The number of nitrogen functional groups attached to an aromatic ring is 3. The predicted molar refractivity (Wildman–Crippen MR) is 155 cm³/mol. The van der Waals surface area contributed by atoms with Crippen LogP contribution in [0.1, 0.15) is 25.5 Å². The van der Waals surface area contributed by atoms with Crippen molar-refractivity contribution in [1.29, 1.82) is 0 Å². The molecule has 0 radical (unpaired) electrons. The van der Waals surface area contributed by atoms with Crippen LogP contribution in [-0.4, -0.2) is 84.1 Å². The van der Waals surface area contributed by atoms with Gasteiger partial charge < -0.3 is 37.6 Å². The Kier molecular flexibility index (Phi) is 9.74. The van der Waals surface area contributed by atoms with Crippen molar-refractivity contribution in [2.75, 3.05) is 35.3 Å². The standard InChI is InChI=1S/C23H27N9O7S3/c1-2-4-31-13(25)6-12(24)28-23(31)42-8-10-7-40-20-16(19(36)32(20)17(10)21(37)38)29-18(35)15(11-9-41-22(26)27-11)30-39-5-3-14(33)34/h6,9,16,20H,2-5,7-8H2,1H3,(H8,24,25,26,27,29,33,34,35,37,38)/p+1/b30-15-/t16?,20-/m1/s1. The molecule has 42 heavy (non-hydrogen) atoms. The van der Waals surface area contributed by atoms with Gasteiger partial charge in [0, 0.05) is 16.9 Å². The molecule has 2 amide bonds. The number of nitrogens with one attached hydrogen (secondary N) is 1. The molecule has 1 saturated heterocycles. The highest BCUT2D eigenvalue weighted by Crippen LogP contribution is 2.41. The molecule has 19 heteroatoms. The quantitative estimate of drug-likeness (QED) is 0.0314. The summed E-state index contributed by atoms with van der Waals surface area (Å²) in [5.41, 5.74) is 17.8. The van der Waals surface area contributed by atoms with Gasteiger partial charge in [0.15, 0.2) is 10.8 Å². The van der Waals surface area contributed by atoms with Crippen molar-refractivity contribution in [2.24, 2.45) is 5.16 Å². The topological polar surface area (TPSA) is 253 Å². The van der Waals surface area contributed by atoms with E-state index < -0.39 is 35.2 Å². The van der Waals surface area contributed by atoms with Crippen LogP contribution in [0.2, 0.25) is 0 Å². The van der Waals surface area contributed by atoms with Crippen LogP contribution in [0.15, 0.2) is 33.0 Å². The molecule has 2 aliphatic rings. The monoisotopic (exact) mass is 638 g/mol. The zero-order chi connectivity index (χ0) is 30.6. The van der Waals surface area contributed by atoms with E-state index in [1.165, 1.54) is 28.9 Å². The van der Waals surface area contributed by atoms with Gasteiger partial charge in [0.1, 0.15) is 29.4 Å². The maximum Gasteiger partial charge on any atom is 0.352 e. The van der Waals surface area contributed by atoms with E-state index in [-0.39, 0.29) is 52.6 Å². The fraction of sp³-hybridized carbons (Fsp3) is 0.391. The number of fused-ring (bicyclic) bond motifs is 1. The van der Waals surface area contributed by atoms with Gasteiger partial charge in [-0.3, -0.25) is 19.3 Å². The van der Waals surface area contributed by atoms with E-state index in [9.17, 15) is 24.3 Å². The van der Waals surface area contributed by atoms with Crippen LogP contribution in [0.25, 0.3) is 0 Å². The largest absolute Gasteiger partial charge is 0.481 e. The average molecular weight is 639 g/mol.